The number of esters is 2. The van der Waals surface area contributed by atoms with Gasteiger partial charge >= 0.3 is 25.7 Å². The molecule has 13 nitrogen and oxygen atoms in total. The average molecular weight is 814 g/mol. The summed E-state index contributed by atoms with van der Waals surface area (Å²) < 4.78 is 32.5. The number of phosphoric acid groups is 1. The van der Waals surface area contributed by atoms with Crippen LogP contribution in [-0.2, 0) is 37.5 Å². The van der Waals surface area contributed by atoms with Gasteiger partial charge in [0.05, 0.1) is 25.4 Å². The van der Waals surface area contributed by atoms with E-state index in [4.69, 9.17) is 24.8 Å². The monoisotopic (exact) mass is 813 g/mol. The Balaban J connectivity index is 4.60. The van der Waals surface area contributed by atoms with Gasteiger partial charge in [-0.25, -0.2) is 4.57 Å². The van der Waals surface area contributed by atoms with Crippen molar-refractivity contribution in [1.82, 2.24) is 0 Å². The highest BCUT2D eigenvalue weighted by atomic mass is 31.2. The molecule has 0 aliphatic rings. The lowest BCUT2D eigenvalue weighted by Crippen LogP contribution is -2.34. The van der Waals surface area contributed by atoms with Crippen LogP contribution in [0.5, 0.6) is 0 Å². The van der Waals surface area contributed by atoms with Gasteiger partial charge in [-0.2, -0.15) is 0 Å². The van der Waals surface area contributed by atoms with Gasteiger partial charge in [-0.05, 0) is 77.0 Å². The summed E-state index contributed by atoms with van der Waals surface area (Å²) in [5.41, 5.74) is 5.31. The molecule has 0 bridgehead atoms. The number of ether oxygens (including phenoxy) is 2. The Morgan fingerprint density at radius 2 is 1.18 bits per heavy atom. The Kier molecular flexibility index (Phi) is 34.6. The number of carboxylic acid groups (broad SMARTS) is 1. The first-order valence-electron chi connectivity index (χ1n) is 20.5. The second kappa shape index (κ2) is 36.4. The molecule has 0 aliphatic carbocycles. The van der Waals surface area contributed by atoms with Crippen molar-refractivity contribution in [3.63, 3.8) is 0 Å². The normalized spacial score (nSPS) is 15.5. The highest BCUT2D eigenvalue weighted by molar-refractivity contribution is 7.47. The van der Waals surface area contributed by atoms with Crippen LogP contribution in [0.25, 0.3) is 0 Å². The van der Waals surface area contributed by atoms with Gasteiger partial charge in [-0.1, -0.05) is 113 Å². The molecule has 0 aliphatic heterocycles. The van der Waals surface area contributed by atoms with E-state index in [0.29, 0.717) is 25.7 Å². The van der Waals surface area contributed by atoms with Crippen molar-refractivity contribution in [3.05, 3.63) is 60.8 Å². The van der Waals surface area contributed by atoms with Crippen LogP contribution in [0, 0.1) is 0 Å². The van der Waals surface area contributed by atoms with Crippen LogP contribution < -0.4 is 5.73 Å². The first-order valence-corrected chi connectivity index (χ1v) is 22.0. The summed E-state index contributed by atoms with van der Waals surface area (Å²) in [4.78, 5) is 45.9. The third kappa shape index (κ3) is 34.4. The lowest BCUT2D eigenvalue weighted by Gasteiger charge is -2.20. The number of aliphatic hydroxyl groups excluding tert-OH is 2. The van der Waals surface area contributed by atoms with E-state index in [9.17, 15) is 34.1 Å². The summed E-state index contributed by atoms with van der Waals surface area (Å²) in [7, 11) is -4.77. The molecule has 0 saturated heterocycles. The maximum atomic E-state index is 12.6. The van der Waals surface area contributed by atoms with Crippen LogP contribution >= 0.6 is 7.82 Å². The molecule has 14 heteroatoms. The van der Waals surface area contributed by atoms with Crippen molar-refractivity contribution in [2.45, 2.75) is 167 Å². The molecule has 1 unspecified atom stereocenters. The zero-order valence-corrected chi connectivity index (χ0v) is 34.8. The van der Waals surface area contributed by atoms with E-state index in [1.807, 2.05) is 6.08 Å². The Bertz CT molecular complexity index is 1220. The molecule has 0 aromatic heterocycles. The highest BCUT2D eigenvalue weighted by Crippen LogP contribution is 2.43. The van der Waals surface area contributed by atoms with Crippen LogP contribution in [0.15, 0.2) is 60.8 Å². The van der Waals surface area contributed by atoms with Gasteiger partial charge in [0.1, 0.15) is 12.6 Å². The van der Waals surface area contributed by atoms with E-state index in [1.54, 1.807) is 0 Å². The minimum absolute atomic E-state index is 0.0500. The summed E-state index contributed by atoms with van der Waals surface area (Å²) in [5, 5.41) is 29.3. The van der Waals surface area contributed by atoms with Crippen molar-refractivity contribution in [1.29, 1.82) is 0 Å². The van der Waals surface area contributed by atoms with Gasteiger partial charge in [0.25, 0.3) is 0 Å². The Morgan fingerprint density at radius 3 is 1.82 bits per heavy atom. The number of carbonyl (C=O) groups excluding carboxylic acids is 2. The van der Waals surface area contributed by atoms with Gasteiger partial charge in [0.15, 0.2) is 6.10 Å². The fraction of sp³-hybridized carbons (Fsp3) is 0.690. The fourth-order valence-corrected chi connectivity index (χ4v) is 5.85. The summed E-state index contributed by atoms with van der Waals surface area (Å²) >= 11 is 0. The molecule has 0 aromatic carbocycles. The molecule has 0 heterocycles. The number of nitrogens with two attached hydrogens (primary N) is 1. The molecule has 5 atom stereocenters. The lowest BCUT2D eigenvalue weighted by molar-refractivity contribution is -0.161. The van der Waals surface area contributed by atoms with Crippen molar-refractivity contribution in [2.75, 3.05) is 19.8 Å². The van der Waals surface area contributed by atoms with E-state index < -0.39 is 69.9 Å². The average Bonchev–Trinajstić information content (AvgIpc) is 3.17. The highest BCUT2D eigenvalue weighted by Gasteiger charge is 2.28. The maximum absolute atomic E-state index is 12.6. The zero-order valence-electron chi connectivity index (χ0n) is 33.9. The second-order valence-corrected chi connectivity index (χ2v) is 15.1. The number of hydrogen-bond donors (Lipinski definition) is 5. The number of aliphatic carboxylic acids is 1. The molecule has 0 rings (SSSR count). The largest absolute Gasteiger partial charge is 0.480 e. The minimum atomic E-state index is -4.77. The third-order valence-electron chi connectivity index (χ3n) is 8.45. The topological polar surface area (TPSA) is 212 Å². The van der Waals surface area contributed by atoms with Crippen LogP contribution in [0.2, 0.25) is 0 Å². The summed E-state index contributed by atoms with van der Waals surface area (Å²) in [6.45, 7) is 2.40. The Labute approximate surface area is 335 Å². The first kappa shape index (κ1) is 53.1. The fourth-order valence-electron chi connectivity index (χ4n) is 5.08. The van der Waals surface area contributed by atoms with Crippen LogP contribution in [0.1, 0.15) is 142 Å². The second-order valence-electron chi connectivity index (χ2n) is 13.7. The quantitative estimate of drug-likeness (QED) is 0.0173. The number of hydrogen-bond acceptors (Lipinski definition) is 11. The van der Waals surface area contributed by atoms with Crippen molar-refractivity contribution in [3.8, 4) is 0 Å². The number of unbranched alkanes of at least 4 members (excludes halogenated alkanes) is 9. The molecule has 0 spiro atoms. The van der Waals surface area contributed by atoms with Crippen molar-refractivity contribution in [2.24, 2.45) is 5.73 Å². The summed E-state index contributed by atoms with van der Waals surface area (Å²) in [5.74, 6) is -2.57. The third-order valence-corrected chi connectivity index (χ3v) is 9.40. The zero-order chi connectivity index (χ0) is 41.7. The number of carbonyl (C=O) groups is 3. The van der Waals surface area contributed by atoms with Crippen molar-refractivity contribution < 1.29 is 57.7 Å². The molecule has 6 N–H and O–H groups in total. The SMILES string of the molecule is CC/C=C\C/C=C\C/C=C\C/C=C\CCCCC(=O)OC[C@H](COP(=O)(O)OC[C@H](N)C(=O)O)OC(=O)CCCCCCC[C@H](O)[C@@H](O)C/C=C\CCCCC. The van der Waals surface area contributed by atoms with Gasteiger partial charge < -0.3 is 35.4 Å². The number of carboxylic acids is 1. The lowest BCUT2D eigenvalue weighted by atomic mass is 10.0. The summed E-state index contributed by atoms with van der Waals surface area (Å²) in [6, 6.07) is -1.56. The minimum Gasteiger partial charge on any atom is -0.480 e. The molecule has 56 heavy (non-hydrogen) atoms. The summed E-state index contributed by atoms with van der Waals surface area (Å²) in [6.07, 6.45) is 33.2. The van der Waals surface area contributed by atoms with Gasteiger partial charge in [-0.15, -0.1) is 0 Å². The van der Waals surface area contributed by atoms with E-state index in [1.165, 1.54) is 6.42 Å². The molecular weight excluding hydrogens is 741 g/mol. The van der Waals surface area contributed by atoms with Crippen molar-refractivity contribution >= 4 is 25.7 Å². The van der Waals surface area contributed by atoms with E-state index in [-0.39, 0.29) is 12.8 Å². The molecule has 0 radical (unpaired) electrons. The van der Waals surface area contributed by atoms with Gasteiger partial charge in [0.2, 0.25) is 0 Å². The Morgan fingerprint density at radius 1 is 0.643 bits per heavy atom. The number of phosphoric ester groups is 1. The van der Waals surface area contributed by atoms with E-state index in [2.05, 4.69) is 73.1 Å². The number of allylic oxidation sites excluding steroid dienone is 9. The molecule has 0 saturated carbocycles. The predicted molar refractivity (Wildman–Crippen MR) is 220 cm³/mol. The predicted octanol–water partition coefficient (Wildman–Crippen LogP) is 8.33. The number of aliphatic hydroxyl groups is 2. The van der Waals surface area contributed by atoms with Crippen LogP contribution in [0.3, 0.4) is 0 Å². The van der Waals surface area contributed by atoms with Gasteiger partial charge in [-0.3, -0.25) is 23.4 Å². The molecular formula is C42H72NO12P. The van der Waals surface area contributed by atoms with E-state index in [0.717, 1.165) is 83.5 Å². The molecule has 0 fully saturated rings. The number of rotatable bonds is 37. The molecule has 0 aromatic rings. The first-order chi connectivity index (χ1) is 26.9. The van der Waals surface area contributed by atoms with E-state index >= 15 is 0 Å². The smallest absolute Gasteiger partial charge is 0.472 e. The Hall–Kier alpha value is -2.90. The standard InChI is InChI=1S/C42H72NO12P/c1-3-5-7-9-11-12-13-14-15-16-17-18-19-23-27-31-40(46)52-33-36(34-53-56(50,51)54-35-37(43)42(48)49)55-41(47)32-28-24-20-22-26-30-39(45)38(44)29-25-21-10-8-6-4-2/h5,7,11-12,14-15,17-18,21,25,36-39,44-45H,3-4,6,8-10,13,16,19-20,22-24,26-35,43H2,1-2H3,(H,48,49)(H,50,51)/b7-5-,12-11-,15-14-,18-17-,25-21-/t36-,37+,38+,39+/m1/s1. The van der Waals surface area contributed by atoms with Crippen LogP contribution in [-0.4, -0.2) is 82.3 Å². The molecule has 0 amide bonds. The molecule has 322 valence electrons. The maximum Gasteiger partial charge on any atom is 0.472 e. The van der Waals surface area contributed by atoms with Crippen LogP contribution in [0.4, 0.5) is 0 Å². The van der Waals surface area contributed by atoms with Gasteiger partial charge in [0, 0.05) is 12.8 Å².